The normalized spacial score (nSPS) is 11.9. The first-order valence-electron chi connectivity index (χ1n) is 9.96. The molecule has 0 bridgehead atoms. The molecule has 4 rings (SSSR count). The second kappa shape index (κ2) is 9.02. The molecule has 0 unspecified atom stereocenters. The van der Waals surface area contributed by atoms with Crippen LogP contribution in [-0.4, -0.2) is 35.0 Å². The van der Waals surface area contributed by atoms with Crippen LogP contribution >= 0.6 is 0 Å². The number of amides is 1. The topological polar surface area (TPSA) is 133 Å². The molecule has 3 aromatic carbocycles. The largest absolute Gasteiger partial charge is 0.452 e. The van der Waals surface area contributed by atoms with E-state index in [1.807, 2.05) is 0 Å². The third-order valence-electron chi connectivity index (χ3n) is 5.21. The fourth-order valence-electron chi connectivity index (χ4n) is 3.59. The summed E-state index contributed by atoms with van der Waals surface area (Å²) in [5.41, 5.74) is -1.39. The average Bonchev–Trinajstić information content (AvgIpc) is 2.84. The molecular weight excluding hydrogens is 447 g/mol. The van der Waals surface area contributed by atoms with E-state index in [9.17, 15) is 33.7 Å². The van der Waals surface area contributed by atoms with Crippen LogP contribution in [0.25, 0.3) is 0 Å². The molecule has 0 saturated carbocycles. The molecule has 0 fully saturated rings. The van der Waals surface area contributed by atoms with Crippen LogP contribution < -0.4 is 5.32 Å². The van der Waals surface area contributed by atoms with Crippen molar-refractivity contribution in [3.63, 3.8) is 0 Å². The van der Waals surface area contributed by atoms with E-state index >= 15 is 0 Å². The first-order chi connectivity index (χ1) is 16.3. The number of nitrogens with one attached hydrogen (secondary N) is 1. The maximum absolute atomic E-state index is 13.0. The van der Waals surface area contributed by atoms with Gasteiger partial charge in [0, 0.05) is 23.2 Å². The highest BCUT2D eigenvalue weighted by Crippen LogP contribution is 2.35. The Balaban J connectivity index is 1.54. The Morgan fingerprint density at radius 1 is 0.912 bits per heavy atom. The SMILES string of the molecule is O=C(COC(=O)c1ccc2c(c1[N+](=O)[O-])C(=O)c1ccccc1C2=O)NCc1ccc(F)cc1. The number of carbonyl (C=O) groups excluding carboxylic acids is 4. The van der Waals surface area contributed by atoms with Crippen molar-refractivity contribution < 1.29 is 33.2 Å². The number of halogens is 1. The van der Waals surface area contributed by atoms with Crippen LogP contribution in [0.15, 0.2) is 60.7 Å². The summed E-state index contributed by atoms with van der Waals surface area (Å²) in [6.45, 7) is -0.699. The number of hydrogen-bond donors (Lipinski definition) is 1. The molecule has 1 N–H and O–H groups in total. The van der Waals surface area contributed by atoms with Crippen LogP contribution in [0.2, 0.25) is 0 Å². The summed E-state index contributed by atoms with van der Waals surface area (Å²) in [5, 5.41) is 14.3. The number of carbonyl (C=O) groups is 4. The van der Waals surface area contributed by atoms with Gasteiger partial charge in [0.15, 0.2) is 12.4 Å². The van der Waals surface area contributed by atoms with Crippen molar-refractivity contribution in [3.8, 4) is 0 Å². The van der Waals surface area contributed by atoms with E-state index in [4.69, 9.17) is 4.74 Å². The summed E-state index contributed by atoms with van der Waals surface area (Å²) in [7, 11) is 0. The number of ketones is 2. The predicted octanol–water partition coefficient (Wildman–Crippen LogP) is 2.98. The molecule has 0 spiro atoms. The van der Waals surface area contributed by atoms with Crippen LogP contribution in [0.5, 0.6) is 0 Å². The molecule has 10 heteroatoms. The van der Waals surface area contributed by atoms with Crippen molar-refractivity contribution in [3.05, 3.63) is 110 Å². The van der Waals surface area contributed by atoms with Crippen molar-refractivity contribution >= 4 is 29.1 Å². The van der Waals surface area contributed by atoms with E-state index in [1.165, 1.54) is 42.5 Å². The predicted molar refractivity (Wildman–Crippen MR) is 115 cm³/mol. The van der Waals surface area contributed by atoms with Crippen molar-refractivity contribution in [1.82, 2.24) is 5.32 Å². The average molecular weight is 462 g/mol. The molecule has 0 saturated heterocycles. The molecule has 3 aromatic rings. The summed E-state index contributed by atoms with van der Waals surface area (Å²) in [4.78, 5) is 61.2. The van der Waals surface area contributed by atoms with Crippen LogP contribution in [-0.2, 0) is 16.1 Å². The third-order valence-corrected chi connectivity index (χ3v) is 5.21. The maximum Gasteiger partial charge on any atom is 0.345 e. The Morgan fingerprint density at radius 3 is 2.21 bits per heavy atom. The van der Waals surface area contributed by atoms with Crippen molar-refractivity contribution in [1.29, 1.82) is 0 Å². The van der Waals surface area contributed by atoms with Gasteiger partial charge in [-0.1, -0.05) is 36.4 Å². The molecule has 1 amide bonds. The van der Waals surface area contributed by atoms with E-state index in [1.54, 1.807) is 6.07 Å². The monoisotopic (exact) mass is 462 g/mol. The molecule has 34 heavy (non-hydrogen) atoms. The lowest BCUT2D eigenvalue weighted by molar-refractivity contribution is -0.385. The second-order valence-corrected chi connectivity index (χ2v) is 7.32. The molecule has 170 valence electrons. The van der Waals surface area contributed by atoms with E-state index in [-0.39, 0.29) is 23.2 Å². The number of benzene rings is 3. The van der Waals surface area contributed by atoms with E-state index in [2.05, 4.69) is 5.32 Å². The van der Waals surface area contributed by atoms with Crippen molar-refractivity contribution in [2.24, 2.45) is 0 Å². The quantitative estimate of drug-likeness (QED) is 0.265. The highest BCUT2D eigenvalue weighted by Gasteiger charge is 2.39. The molecule has 1 aliphatic carbocycles. The first kappa shape index (κ1) is 22.5. The lowest BCUT2D eigenvalue weighted by Gasteiger charge is -2.18. The lowest BCUT2D eigenvalue weighted by Crippen LogP contribution is -2.29. The zero-order valence-electron chi connectivity index (χ0n) is 17.4. The fraction of sp³-hybridized carbons (Fsp3) is 0.0833. The number of hydrogen-bond acceptors (Lipinski definition) is 7. The Morgan fingerprint density at radius 2 is 1.56 bits per heavy atom. The van der Waals surface area contributed by atoms with Gasteiger partial charge < -0.3 is 10.1 Å². The molecule has 9 nitrogen and oxygen atoms in total. The molecule has 1 aliphatic rings. The van der Waals surface area contributed by atoms with Gasteiger partial charge in [0.25, 0.3) is 11.6 Å². The number of nitro benzene ring substituents is 1. The van der Waals surface area contributed by atoms with Gasteiger partial charge in [-0.3, -0.25) is 24.5 Å². The summed E-state index contributed by atoms with van der Waals surface area (Å²) in [6, 6.07) is 13.5. The molecule has 0 aromatic heterocycles. The van der Waals surface area contributed by atoms with Gasteiger partial charge in [0.2, 0.25) is 5.78 Å². The van der Waals surface area contributed by atoms with Crippen LogP contribution in [0, 0.1) is 15.9 Å². The second-order valence-electron chi connectivity index (χ2n) is 7.32. The van der Waals surface area contributed by atoms with Gasteiger partial charge >= 0.3 is 5.97 Å². The minimum atomic E-state index is -1.20. The minimum Gasteiger partial charge on any atom is -0.452 e. The van der Waals surface area contributed by atoms with Crippen LogP contribution in [0.4, 0.5) is 10.1 Å². The van der Waals surface area contributed by atoms with Crippen LogP contribution in [0.1, 0.15) is 47.8 Å². The number of ether oxygens (including phenoxy) is 1. The van der Waals surface area contributed by atoms with Gasteiger partial charge in [0.1, 0.15) is 16.9 Å². The number of esters is 1. The molecule has 0 aliphatic heterocycles. The number of nitro groups is 1. The standard InChI is InChI=1S/C24H15FN2O7/c25-14-7-5-13(6-8-14)11-26-19(28)12-34-24(31)18-10-9-17-20(21(18)27(32)33)23(30)16-4-2-1-3-15(16)22(17)29/h1-10H,11-12H2,(H,26,28). The highest BCUT2D eigenvalue weighted by molar-refractivity contribution is 6.30. The maximum atomic E-state index is 13.0. The van der Waals surface area contributed by atoms with Gasteiger partial charge in [-0.2, -0.15) is 0 Å². The molecule has 0 heterocycles. The number of rotatable bonds is 6. The summed E-state index contributed by atoms with van der Waals surface area (Å²) in [5.74, 6) is -3.67. The molecule has 0 radical (unpaired) electrons. The lowest BCUT2D eigenvalue weighted by atomic mass is 9.82. The Labute approximate surface area is 191 Å². The first-order valence-corrected chi connectivity index (χ1v) is 9.96. The molecule has 0 atom stereocenters. The summed E-state index contributed by atoms with van der Waals surface area (Å²) >= 11 is 0. The van der Waals surface area contributed by atoms with Crippen molar-refractivity contribution in [2.75, 3.05) is 6.61 Å². The Bertz CT molecular complexity index is 1370. The molecular formula is C24H15FN2O7. The van der Waals surface area contributed by atoms with Crippen LogP contribution in [0.3, 0.4) is 0 Å². The highest BCUT2D eigenvalue weighted by atomic mass is 19.1. The summed E-state index contributed by atoms with van der Waals surface area (Å²) in [6.07, 6.45) is 0. The van der Waals surface area contributed by atoms with Gasteiger partial charge in [-0.05, 0) is 29.8 Å². The smallest absolute Gasteiger partial charge is 0.345 e. The third kappa shape index (κ3) is 4.16. The van der Waals surface area contributed by atoms with Gasteiger partial charge in [-0.25, -0.2) is 9.18 Å². The number of nitrogens with zero attached hydrogens (tertiary/aromatic N) is 1. The van der Waals surface area contributed by atoms with E-state index in [0.717, 1.165) is 12.1 Å². The van der Waals surface area contributed by atoms with Crippen molar-refractivity contribution in [2.45, 2.75) is 6.54 Å². The van der Waals surface area contributed by atoms with E-state index < -0.39 is 57.6 Å². The van der Waals surface area contributed by atoms with Gasteiger partial charge in [0.05, 0.1) is 4.92 Å². The van der Waals surface area contributed by atoms with E-state index in [0.29, 0.717) is 5.56 Å². The van der Waals surface area contributed by atoms with Gasteiger partial charge in [-0.15, -0.1) is 0 Å². The zero-order chi connectivity index (χ0) is 24.4. The Kier molecular flexibility index (Phi) is 5.96. The minimum absolute atomic E-state index is 0.00575. The Hall–Kier alpha value is -4.73. The number of fused-ring (bicyclic) bond motifs is 2. The zero-order valence-corrected chi connectivity index (χ0v) is 17.4. The summed E-state index contributed by atoms with van der Waals surface area (Å²) < 4.78 is 17.8. The fourth-order valence-corrected chi connectivity index (χ4v) is 3.59.